The molecule has 1 saturated heterocycles. The van der Waals surface area contributed by atoms with E-state index in [0.29, 0.717) is 0 Å². The summed E-state index contributed by atoms with van der Waals surface area (Å²) in [5.74, 6) is -0.748. The summed E-state index contributed by atoms with van der Waals surface area (Å²) in [6.45, 7) is 0.117. The minimum Gasteiger partial charge on any atom is -0.445 e. The van der Waals surface area contributed by atoms with Gasteiger partial charge in [-0.15, -0.1) is 0 Å². The Balaban J connectivity index is 2.87. The largest absolute Gasteiger partial charge is 0.445 e. The predicted octanol–water partition coefficient (Wildman–Crippen LogP) is 2.09. The van der Waals surface area contributed by atoms with E-state index in [1.165, 1.54) is 21.3 Å². The molecule has 5 atom stereocenters. The monoisotopic (exact) mass is 367 g/mol. The Morgan fingerprint density at radius 1 is 1.19 bits per heavy atom. The summed E-state index contributed by atoms with van der Waals surface area (Å²) in [5.41, 5.74) is 0. The zero-order valence-corrected chi connectivity index (χ0v) is 13.9. The van der Waals surface area contributed by atoms with Crippen molar-refractivity contribution in [2.75, 3.05) is 27.9 Å². The van der Waals surface area contributed by atoms with Crippen LogP contribution in [0.3, 0.4) is 0 Å². The van der Waals surface area contributed by atoms with Gasteiger partial charge < -0.3 is 23.7 Å². The highest BCUT2D eigenvalue weighted by molar-refractivity contribution is 6.76. The SMILES string of the molecule is COC[C@H]1O[C@H](OC(=N)C(Cl)(Cl)Cl)[C@H](F)[C@@H](OC)[C@H]1OC. The summed E-state index contributed by atoms with van der Waals surface area (Å²) >= 11 is 16.5. The van der Waals surface area contributed by atoms with Gasteiger partial charge in [0.25, 0.3) is 3.79 Å². The summed E-state index contributed by atoms with van der Waals surface area (Å²) < 4.78 is 37.9. The summed E-state index contributed by atoms with van der Waals surface area (Å²) in [5, 5.41) is 7.48. The number of ether oxygens (including phenoxy) is 5. The molecular formula is C11H17Cl3FNO5. The number of hydrogen-bond acceptors (Lipinski definition) is 6. The zero-order valence-electron chi connectivity index (χ0n) is 11.6. The molecule has 0 aromatic heterocycles. The maximum absolute atomic E-state index is 14.4. The quantitative estimate of drug-likeness (QED) is 0.457. The van der Waals surface area contributed by atoms with Gasteiger partial charge in [-0.05, 0) is 0 Å². The Kier molecular flexibility index (Phi) is 7.39. The first kappa shape index (κ1) is 19.2. The van der Waals surface area contributed by atoms with E-state index in [4.69, 9.17) is 63.9 Å². The number of methoxy groups -OCH3 is 3. The molecule has 10 heteroatoms. The first-order valence-electron chi connectivity index (χ1n) is 5.92. The van der Waals surface area contributed by atoms with Crippen LogP contribution in [0.4, 0.5) is 4.39 Å². The number of alkyl halides is 4. The lowest BCUT2D eigenvalue weighted by Crippen LogP contribution is -2.59. The lowest BCUT2D eigenvalue weighted by Gasteiger charge is -2.42. The molecule has 1 N–H and O–H groups in total. The van der Waals surface area contributed by atoms with Crippen molar-refractivity contribution in [1.29, 1.82) is 5.41 Å². The topological polar surface area (TPSA) is 70.0 Å². The molecule has 0 bridgehead atoms. The molecule has 21 heavy (non-hydrogen) atoms. The van der Waals surface area contributed by atoms with E-state index < -0.39 is 40.5 Å². The van der Waals surface area contributed by atoms with Crippen LogP contribution in [0.2, 0.25) is 0 Å². The molecule has 1 aliphatic heterocycles. The minimum absolute atomic E-state index is 0.117. The molecule has 0 amide bonds. The van der Waals surface area contributed by atoms with Crippen molar-refractivity contribution in [3.8, 4) is 0 Å². The molecule has 0 unspecified atom stereocenters. The van der Waals surface area contributed by atoms with Crippen LogP contribution in [0.15, 0.2) is 0 Å². The van der Waals surface area contributed by atoms with Crippen molar-refractivity contribution in [2.45, 2.75) is 34.6 Å². The Hall–Kier alpha value is 0.110. The van der Waals surface area contributed by atoms with Gasteiger partial charge in [-0.3, -0.25) is 5.41 Å². The normalized spacial score (nSPS) is 33.8. The van der Waals surface area contributed by atoms with Crippen LogP contribution in [-0.4, -0.2) is 68.4 Å². The van der Waals surface area contributed by atoms with Crippen LogP contribution in [0, 0.1) is 5.41 Å². The average Bonchev–Trinajstić information content (AvgIpc) is 2.40. The maximum atomic E-state index is 14.4. The van der Waals surface area contributed by atoms with E-state index in [1.54, 1.807) is 0 Å². The Morgan fingerprint density at radius 2 is 1.76 bits per heavy atom. The van der Waals surface area contributed by atoms with Gasteiger partial charge in [0, 0.05) is 21.3 Å². The summed E-state index contributed by atoms with van der Waals surface area (Å²) in [7, 11) is 4.19. The third-order valence-corrected chi connectivity index (χ3v) is 3.45. The highest BCUT2D eigenvalue weighted by Gasteiger charge is 2.49. The van der Waals surface area contributed by atoms with Gasteiger partial charge in [0.1, 0.15) is 18.3 Å². The van der Waals surface area contributed by atoms with E-state index in [1.807, 2.05) is 0 Å². The van der Waals surface area contributed by atoms with Gasteiger partial charge in [0.05, 0.1) is 6.61 Å². The van der Waals surface area contributed by atoms with Crippen LogP contribution in [-0.2, 0) is 23.7 Å². The number of halogens is 4. The van der Waals surface area contributed by atoms with E-state index in [0.717, 1.165) is 0 Å². The molecule has 0 aliphatic carbocycles. The van der Waals surface area contributed by atoms with Gasteiger partial charge in [0.15, 0.2) is 6.17 Å². The van der Waals surface area contributed by atoms with E-state index in [9.17, 15) is 4.39 Å². The fraction of sp³-hybridized carbons (Fsp3) is 0.909. The molecular weight excluding hydrogens is 351 g/mol. The van der Waals surface area contributed by atoms with Crippen LogP contribution in [0.25, 0.3) is 0 Å². The van der Waals surface area contributed by atoms with E-state index in [2.05, 4.69) is 0 Å². The molecule has 1 aliphatic rings. The summed E-state index contributed by atoms with van der Waals surface area (Å²) in [6.07, 6.45) is -5.54. The molecule has 1 fully saturated rings. The molecule has 0 aromatic rings. The molecule has 0 saturated carbocycles. The fourth-order valence-corrected chi connectivity index (χ4v) is 2.13. The second-order valence-corrected chi connectivity index (χ2v) is 6.57. The van der Waals surface area contributed by atoms with Crippen molar-refractivity contribution in [3.05, 3.63) is 0 Å². The van der Waals surface area contributed by atoms with Crippen molar-refractivity contribution in [3.63, 3.8) is 0 Å². The van der Waals surface area contributed by atoms with Gasteiger partial charge in [0.2, 0.25) is 12.2 Å². The van der Waals surface area contributed by atoms with Gasteiger partial charge in [-0.2, -0.15) is 0 Å². The molecule has 0 radical (unpaired) electrons. The molecule has 124 valence electrons. The summed E-state index contributed by atoms with van der Waals surface area (Å²) in [6, 6.07) is 0. The highest BCUT2D eigenvalue weighted by atomic mass is 35.6. The van der Waals surface area contributed by atoms with Crippen LogP contribution in [0.5, 0.6) is 0 Å². The molecule has 6 nitrogen and oxygen atoms in total. The number of hydrogen-bond donors (Lipinski definition) is 1. The molecule has 1 rings (SSSR count). The number of rotatable bonds is 5. The van der Waals surface area contributed by atoms with Crippen molar-refractivity contribution in [1.82, 2.24) is 0 Å². The van der Waals surface area contributed by atoms with Gasteiger partial charge in [-0.25, -0.2) is 4.39 Å². The highest BCUT2D eigenvalue weighted by Crippen LogP contribution is 2.32. The average molecular weight is 369 g/mol. The minimum atomic E-state index is -2.11. The fourth-order valence-electron chi connectivity index (χ4n) is 2.00. The third kappa shape index (κ3) is 4.79. The van der Waals surface area contributed by atoms with Crippen LogP contribution < -0.4 is 0 Å². The Labute approximate surface area is 137 Å². The first-order chi connectivity index (χ1) is 9.76. The Bertz CT molecular complexity index is 357. The number of nitrogens with one attached hydrogen (secondary N) is 1. The zero-order chi connectivity index (χ0) is 16.2. The smallest absolute Gasteiger partial charge is 0.265 e. The van der Waals surface area contributed by atoms with Crippen LogP contribution >= 0.6 is 34.8 Å². The van der Waals surface area contributed by atoms with Gasteiger partial charge in [-0.1, -0.05) is 34.8 Å². The third-order valence-electron chi connectivity index (χ3n) is 2.94. The van der Waals surface area contributed by atoms with Gasteiger partial charge >= 0.3 is 0 Å². The second-order valence-electron chi connectivity index (χ2n) is 4.29. The molecule has 0 spiro atoms. The molecule has 1 heterocycles. The van der Waals surface area contributed by atoms with Crippen molar-refractivity contribution >= 4 is 40.7 Å². The summed E-state index contributed by atoms with van der Waals surface area (Å²) in [4.78, 5) is 0. The van der Waals surface area contributed by atoms with E-state index >= 15 is 0 Å². The predicted molar refractivity (Wildman–Crippen MR) is 76.1 cm³/mol. The lowest BCUT2D eigenvalue weighted by atomic mass is 9.99. The second kappa shape index (κ2) is 8.10. The van der Waals surface area contributed by atoms with Crippen LogP contribution in [0.1, 0.15) is 0 Å². The first-order valence-corrected chi connectivity index (χ1v) is 7.06. The van der Waals surface area contributed by atoms with Crippen molar-refractivity contribution < 1.29 is 28.1 Å². The Morgan fingerprint density at radius 3 is 2.19 bits per heavy atom. The lowest BCUT2D eigenvalue weighted by molar-refractivity contribution is -0.276. The molecule has 0 aromatic carbocycles. The van der Waals surface area contributed by atoms with E-state index in [-0.39, 0.29) is 6.61 Å². The maximum Gasteiger partial charge on any atom is 0.265 e. The van der Waals surface area contributed by atoms with Crippen molar-refractivity contribution in [2.24, 2.45) is 0 Å². The standard InChI is InChI=1S/C11H17Cl3FNO5/c1-17-4-5-7(18-2)8(19-3)6(15)9(20-5)21-10(16)11(12,13)14/h5-9,16H,4H2,1-3H3/t5-,6-,7+,8-,9-/m1/s1.